The van der Waals surface area contributed by atoms with Crippen LogP contribution in [0.3, 0.4) is 0 Å². The van der Waals surface area contributed by atoms with Crippen LogP contribution in [-0.4, -0.2) is 37.2 Å². The molecule has 0 aromatic carbocycles. The number of hydrogen-bond donors (Lipinski definition) is 0. The third kappa shape index (κ3) is 34.6. The topological polar surface area (TPSA) is 78.9 Å². The van der Waals surface area contributed by atoms with Crippen LogP contribution in [0.4, 0.5) is 0 Å². The first kappa shape index (κ1) is 47.4. The van der Waals surface area contributed by atoms with Crippen molar-refractivity contribution in [2.45, 2.75) is 227 Å². The van der Waals surface area contributed by atoms with Gasteiger partial charge in [-0.15, -0.1) is 0 Å². The van der Waals surface area contributed by atoms with Crippen LogP contribution >= 0.6 is 0 Å². The van der Waals surface area contributed by atoms with E-state index in [1.807, 2.05) is 0 Å². The molecule has 6 nitrogen and oxygen atoms in total. The van der Waals surface area contributed by atoms with Crippen LogP contribution in [0.25, 0.3) is 0 Å². The summed E-state index contributed by atoms with van der Waals surface area (Å²) in [4.78, 5) is 37.5. The summed E-state index contributed by atoms with van der Waals surface area (Å²) in [6, 6.07) is 0. The molecule has 0 bridgehead atoms. The largest absolute Gasteiger partial charge is 0.462 e. The van der Waals surface area contributed by atoms with Gasteiger partial charge in [-0.25, -0.2) is 0 Å². The number of carbonyl (C=O) groups is 3. The van der Waals surface area contributed by atoms with Crippen LogP contribution < -0.4 is 0 Å². The van der Waals surface area contributed by atoms with E-state index in [2.05, 4.69) is 41.5 Å². The summed E-state index contributed by atoms with van der Waals surface area (Å²) >= 11 is 0. The third-order valence-corrected chi connectivity index (χ3v) is 10.1. The highest BCUT2D eigenvalue weighted by molar-refractivity contribution is 5.71. The van der Waals surface area contributed by atoms with Gasteiger partial charge in [0.05, 0.1) is 0 Å². The minimum Gasteiger partial charge on any atom is -0.462 e. The highest BCUT2D eigenvalue weighted by Gasteiger charge is 2.19. The van der Waals surface area contributed by atoms with E-state index in [4.69, 9.17) is 14.2 Å². The van der Waals surface area contributed by atoms with E-state index in [0.29, 0.717) is 19.3 Å². The normalized spacial score (nSPS) is 13.3. The Hall–Kier alpha value is -1.59. The molecule has 290 valence electrons. The van der Waals surface area contributed by atoms with Gasteiger partial charge in [0.25, 0.3) is 0 Å². The zero-order valence-corrected chi connectivity index (χ0v) is 33.5. The van der Waals surface area contributed by atoms with Crippen molar-refractivity contribution < 1.29 is 28.6 Å². The minimum atomic E-state index is -0.762. The van der Waals surface area contributed by atoms with Crippen LogP contribution in [0.1, 0.15) is 221 Å². The number of carbonyl (C=O) groups excluding carboxylic acids is 3. The van der Waals surface area contributed by atoms with Crippen LogP contribution in [0.15, 0.2) is 0 Å². The second-order valence-corrected chi connectivity index (χ2v) is 15.6. The predicted molar refractivity (Wildman–Crippen MR) is 206 cm³/mol. The lowest BCUT2D eigenvalue weighted by Gasteiger charge is -2.18. The quantitative estimate of drug-likeness (QED) is 0.0369. The Kier molecular flexibility index (Phi) is 33.7. The monoisotopic (exact) mass is 695 g/mol. The molecular formula is C43H82O6. The molecule has 0 aliphatic carbocycles. The average molecular weight is 695 g/mol. The van der Waals surface area contributed by atoms with Gasteiger partial charge in [-0.2, -0.15) is 0 Å². The summed E-state index contributed by atoms with van der Waals surface area (Å²) in [7, 11) is 0. The van der Waals surface area contributed by atoms with E-state index >= 15 is 0 Å². The fourth-order valence-corrected chi connectivity index (χ4v) is 6.11. The lowest BCUT2D eigenvalue weighted by molar-refractivity contribution is -0.167. The molecule has 0 heterocycles. The first-order valence-electron chi connectivity index (χ1n) is 21.2. The minimum absolute atomic E-state index is 0.0686. The molecule has 49 heavy (non-hydrogen) atoms. The van der Waals surface area contributed by atoms with E-state index in [9.17, 15) is 14.4 Å². The van der Waals surface area contributed by atoms with E-state index in [-0.39, 0.29) is 31.1 Å². The van der Waals surface area contributed by atoms with Crippen LogP contribution in [0, 0.1) is 17.8 Å². The smallest absolute Gasteiger partial charge is 0.306 e. The number of hydrogen-bond acceptors (Lipinski definition) is 6. The molecule has 2 unspecified atom stereocenters. The lowest BCUT2D eigenvalue weighted by Crippen LogP contribution is -2.30. The van der Waals surface area contributed by atoms with Crippen molar-refractivity contribution >= 4 is 17.9 Å². The molecule has 3 atom stereocenters. The molecule has 0 saturated carbocycles. The molecule has 0 aliphatic rings. The van der Waals surface area contributed by atoms with Gasteiger partial charge in [-0.05, 0) is 37.0 Å². The Morgan fingerprint density at radius 2 is 0.714 bits per heavy atom. The van der Waals surface area contributed by atoms with Crippen molar-refractivity contribution in [2.75, 3.05) is 13.2 Å². The van der Waals surface area contributed by atoms with Gasteiger partial charge in [-0.1, -0.05) is 183 Å². The van der Waals surface area contributed by atoms with Gasteiger partial charge < -0.3 is 14.2 Å². The number of unbranched alkanes of at least 4 members (excludes halogenated alkanes) is 17. The second kappa shape index (κ2) is 34.8. The first-order valence-corrected chi connectivity index (χ1v) is 21.2. The highest BCUT2D eigenvalue weighted by atomic mass is 16.6. The van der Waals surface area contributed by atoms with Gasteiger partial charge in [0.1, 0.15) is 13.2 Å². The summed E-state index contributed by atoms with van der Waals surface area (Å²) in [6.07, 6.45) is 29.6. The molecule has 0 aliphatic heterocycles. The van der Waals surface area contributed by atoms with E-state index in [0.717, 1.165) is 75.5 Å². The number of rotatable bonds is 36. The second-order valence-electron chi connectivity index (χ2n) is 15.6. The maximum absolute atomic E-state index is 12.7. The van der Waals surface area contributed by atoms with Crippen molar-refractivity contribution in [3.8, 4) is 0 Å². The standard InChI is InChI=1S/C43H82O6/c1-7-38(5)30-24-18-11-9-10-12-22-28-34-43(46)49-40(35-47-41(44)32-26-20-15-13-17-23-29-37(3)4)36-48-42(45)33-27-21-16-14-19-25-31-39(6)8-2/h37-40H,7-36H2,1-6H3/t38?,39?,40-/m0/s1. The average Bonchev–Trinajstić information content (AvgIpc) is 3.08. The fourth-order valence-electron chi connectivity index (χ4n) is 6.11. The van der Waals surface area contributed by atoms with Crippen molar-refractivity contribution in [3.05, 3.63) is 0 Å². The summed E-state index contributed by atoms with van der Waals surface area (Å²) < 4.78 is 16.6. The van der Waals surface area contributed by atoms with Crippen LogP contribution in [0.5, 0.6) is 0 Å². The SMILES string of the molecule is CCC(C)CCCCCCCCCCC(=O)O[C@@H](COC(=O)CCCCCCCCC(C)C)COC(=O)CCCCCCCCC(C)CC. The molecule has 0 saturated heterocycles. The molecule has 0 rings (SSSR count). The molecule has 0 amide bonds. The fraction of sp³-hybridized carbons (Fsp3) is 0.930. The molecular weight excluding hydrogens is 612 g/mol. The van der Waals surface area contributed by atoms with E-state index in [1.54, 1.807) is 0 Å². The predicted octanol–water partition coefficient (Wildman–Crippen LogP) is 12.9. The molecule has 0 radical (unpaired) electrons. The van der Waals surface area contributed by atoms with Crippen molar-refractivity contribution in [1.29, 1.82) is 0 Å². The Balaban J connectivity index is 4.39. The maximum atomic E-state index is 12.7. The van der Waals surface area contributed by atoms with Gasteiger partial charge in [0.2, 0.25) is 0 Å². The lowest BCUT2D eigenvalue weighted by atomic mass is 9.99. The molecule has 0 aromatic rings. The van der Waals surface area contributed by atoms with Crippen LogP contribution in [-0.2, 0) is 28.6 Å². The van der Waals surface area contributed by atoms with Gasteiger partial charge in [0.15, 0.2) is 6.10 Å². The van der Waals surface area contributed by atoms with Gasteiger partial charge in [0, 0.05) is 19.3 Å². The van der Waals surface area contributed by atoms with Gasteiger partial charge in [-0.3, -0.25) is 14.4 Å². The number of ether oxygens (including phenoxy) is 3. The molecule has 0 N–H and O–H groups in total. The van der Waals surface area contributed by atoms with Crippen molar-refractivity contribution in [1.82, 2.24) is 0 Å². The zero-order valence-electron chi connectivity index (χ0n) is 33.5. The van der Waals surface area contributed by atoms with E-state index in [1.165, 1.54) is 103 Å². The highest BCUT2D eigenvalue weighted by Crippen LogP contribution is 2.17. The summed E-state index contributed by atoms with van der Waals surface area (Å²) in [6.45, 7) is 13.6. The maximum Gasteiger partial charge on any atom is 0.306 e. The molecule has 0 fully saturated rings. The molecule has 6 heteroatoms. The first-order chi connectivity index (χ1) is 23.7. The Bertz CT molecular complexity index is 765. The third-order valence-electron chi connectivity index (χ3n) is 10.1. The molecule has 0 aromatic heterocycles. The Morgan fingerprint density at radius 1 is 0.408 bits per heavy atom. The van der Waals surface area contributed by atoms with Crippen molar-refractivity contribution in [2.24, 2.45) is 17.8 Å². The Morgan fingerprint density at radius 3 is 1.06 bits per heavy atom. The number of esters is 3. The summed E-state index contributed by atoms with van der Waals surface area (Å²) in [5, 5.41) is 0. The summed E-state index contributed by atoms with van der Waals surface area (Å²) in [5.74, 6) is 1.55. The zero-order chi connectivity index (χ0) is 36.4. The van der Waals surface area contributed by atoms with Crippen molar-refractivity contribution in [3.63, 3.8) is 0 Å². The Labute approximate surface area is 304 Å². The summed E-state index contributed by atoms with van der Waals surface area (Å²) in [5.41, 5.74) is 0. The van der Waals surface area contributed by atoms with E-state index < -0.39 is 6.10 Å². The van der Waals surface area contributed by atoms with Gasteiger partial charge >= 0.3 is 17.9 Å². The van der Waals surface area contributed by atoms with Crippen LogP contribution in [0.2, 0.25) is 0 Å². The molecule has 0 spiro atoms.